The molecule has 0 radical (unpaired) electrons. The Hall–Kier alpha value is -4.53. The molecule has 0 bridgehead atoms. The molecular formula is C27H27N3O6. The van der Waals surface area contributed by atoms with Crippen molar-refractivity contribution in [1.29, 1.82) is 0 Å². The zero-order valence-electron chi connectivity index (χ0n) is 20.1. The highest BCUT2D eigenvalue weighted by Gasteiger charge is 2.20. The Morgan fingerprint density at radius 2 is 1.78 bits per heavy atom. The van der Waals surface area contributed by atoms with Gasteiger partial charge in [0.15, 0.2) is 5.58 Å². The minimum absolute atomic E-state index is 0.0526. The summed E-state index contributed by atoms with van der Waals surface area (Å²) in [5.41, 5.74) is 3.25. The molecule has 0 aliphatic carbocycles. The number of carboxylic acid groups (broad SMARTS) is 1. The normalized spacial score (nSPS) is 10.7. The molecule has 0 unspecified atom stereocenters. The van der Waals surface area contributed by atoms with Gasteiger partial charge >= 0.3 is 12.1 Å². The number of carbonyl (C=O) groups excluding carboxylic acids is 1. The number of amides is 1. The first-order valence-electron chi connectivity index (χ1n) is 11.4. The minimum atomic E-state index is -1.13. The highest BCUT2D eigenvalue weighted by Crippen LogP contribution is 2.21. The van der Waals surface area contributed by atoms with Crippen LogP contribution in [-0.2, 0) is 11.3 Å². The maximum Gasteiger partial charge on any atom is 0.416 e. The molecular weight excluding hydrogens is 462 g/mol. The SMILES string of the molecule is Cc1ccc(OC(=O)N(CC(=O)O)Cc2cccc(OCCN(C)c3nc4ccccc4o3)c2)cc1. The van der Waals surface area contributed by atoms with Gasteiger partial charge in [0.05, 0.1) is 6.54 Å². The lowest BCUT2D eigenvalue weighted by molar-refractivity contribution is -0.138. The number of hydrogen-bond donors (Lipinski definition) is 1. The summed E-state index contributed by atoms with van der Waals surface area (Å²) < 4.78 is 17.0. The summed E-state index contributed by atoms with van der Waals surface area (Å²) in [5, 5.41) is 9.28. The van der Waals surface area contributed by atoms with E-state index in [0.29, 0.717) is 36.2 Å². The van der Waals surface area contributed by atoms with E-state index in [-0.39, 0.29) is 6.54 Å². The number of rotatable bonds is 10. The average Bonchev–Trinajstić information content (AvgIpc) is 3.30. The number of nitrogens with zero attached hydrogens (tertiary/aromatic N) is 3. The number of oxazole rings is 1. The van der Waals surface area contributed by atoms with Crippen molar-refractivity contribution in [2.75, 3.05) is 31.6 Å². The van der Waals surface area contributed by atoms with Crippen LogP contribution in [-0.4, -0.2) is 53.8 Å². The van der Waals surface area contributed by atoms with Crippen molar-refractivity contribution in [2.45, 2.75) is 13.5 Å². The minimum Gasteiger partial charge on any atom is -0.492 e. The molecule has 1 N–H and O–H groups in total. The van der Waals surface area contributed by atoms with E-state index in [1.807, 2.05) is 55.3 Å². The molecule has 0 atom stereocenters. The van der Waals surface area contributed by atoms with Crippen LogP contribution in [0.15, 0.2) is 77.2 Å². The van der Waals surface area contributed by atoms with Crippen LogP contribution < -0.4 is 14.4 Å². The number of hydrogen-bond acceptors (Lipinski definition) is 7. The third kappa shape index (κ3) is 6.53. The molecule has 1 aromatic heterocycles. The molecule has 4 aromatic rings. The van der Waals surface area contributed by atoms with Crippen LogP contribution in [0.3, 0.4) is 0 Å². The zero-order chi connectivity index (χ0) is 25.5. The Balaban J connectivity index is 1.35. The van der Waals surface area contributed by atoms with Gasteiger partial charge in [0, 0.05) is 13.6 Å². The van der Waals surface area contributed by atoms with Gasteiger partial charge in [-0.25, -0.2) is 4.79 Å². The predicted octanol–water partition coefficient (Wildman–Crippen LogP) is 4.74. The number of aliphatic carboxylic acids is 1. The molecule has 9 nitrogen and oxygen atoms in total. The maximum absolute atomic E-state index is 12.7. The van der Waals surface area contributed by atoms with Crippen LogP contribution >= 0.6 is 0 Å². The largest absolute Gasteiger partial charge is 0.492 e. The quantitative estimate of drug-likeness (QED) is 0.341. The lowest BCUT2D eigenvalue weighted by atomic mass is 10.2. The van der Waals surface area contributed by atoms with Gasteiger partial charge in [-0.2, -0.15) is 4.98 Å². The fourth-order valence-electron chi connectivity index (χ4n) is 3.49. The smallest absolute Gasteiger partial charge is 0.416 e. The molecule has 186 valence electrons. The Morgan fingerprint density at radius 1 is 1.00 bits per heavy atom. The molecule has 0 saturated heterocycles. The van der Waals surface area contributed by atoms with Crippen molar-refractivity contribution in [3.63, 3.8) is 0 Å². The van der Waals surface area contributed by atoms with Gasteiger partial charge in [-0.3, -0.25) is 9.69 Å². The number of anilines is 1. The summed E-state index contributed by atoms with van der Waals surface area (Å²) >= 11 is 0. The summed E-state index contributed by atoms with van der Waals surface area (Å²) in [4.78, 5) is 31.5. The monoisotopic (exact) mass is 489 g/mol. The van der Waals surface area contributed by atoms with Gasteiger partial charge in [0.1, 0.15) is 30.2 Å². The fraction of sp³-hybridized carbons (Fsp3) is 0.222. The number of aryl methyl sites for hydroxylation is 1. The van der Waals surface area contributed by atoms with E-state index >= 15 is 0 Å². The number of aromatic nitrogens is 1. The Labute approximate surface area is 208 Å². The Bertz CT molecular complexity index is 1300. The number of likely N-dealkylation sites (N-methyl/N-ethyl adjacent to an activating group) is 1. The van der Waals surface area contributed by atoms with Crippen molar-refractivity contribution in [1.82, 2.24) is 9.88 Å². The number of para-hydroxylation sites is 2. The molecule has 4 rings (SSSR count). The van der Waals surface area contributed by atoms with Crippen LogP contribution in [0.5, 0.6) is 11.5 Å². The molecule has 36 heavy (non-hydrogen) atoms. The van der Waals surface area contributed by atoms with Crippen molar-refractivity contribution in [3.05, 3.63) is 83.9 Å². The molecule has 1 amide bonds. The van der Waals surface area contributed by atoms with Gasteiger partial charge in [0.2, 0.25) is 0 Å². The lowest BCUT2D eigenvalue weighted by Crippen LogP contribution is -2.37. The van der Waals surface area contributed by atoms with E-state index in [0.717, 1.165) is 21.6 Å². The molecule has 3 aromatic carbocycles. The number of ether oxygens (including phenoxy) is 2. The van der Waals surface area contributed by atoms with Crippen molar-refractivity contribution >= 4 is 29.2 Å². The van der Waals surface area contributed by atoms with E-state index < -0.39 is 18.6 Å². The van der Waals surface area contributed by atoms with Gasteiger partial charge < -0.3 is 23.9 Å². The van der Waals surface area contributed by atoms with Crippen LogP contribution in [0.2, 0.25) is 0 Å². The molecule has 0 saturated carbocycles. The standard InChI is InChI=1S/C27H27N3O6/c1-19-10-12-21(13-11-19)35-27(33)30(18-25(31)32)17-20-6-5-7-22(16-20)34-15-14-29(2)26-28-23-8-3-4-9-24(23)36-26/h3-13,16H,14-15,17-18H2,1-2H3,(H,31,32). The van der Waals surface area contributed by atoms with Crippen LogP contribution in [0.25, 0.3) is 11.1 Å². The zero-order valence-corrected chi connectivity index (χ0v) is 20.1. The summed E-state index contributed by atoms with van der Waals surface area (Å²) in [7, 11) is 1.87. The molecule has 0 fully saturated rings. The van der Waals surface area contributed by atoms with Crippen molar-refractivity contribution < 1.29 is 28.6 Å². The van der Waals surface area contributed by atoms with Gasteiger partial charge in [0.25, 0.3) is 6.01 Å². The van der Waals surface area contributed by atoms with Crippen LogP contribution in [0.1, 0.15) is 11.1 Å². The lowest BCUT2D eigenvalue weighted by Gasteiger charge is -2.21. The maximum atomic E-state index is 12.7. The highest BCUT2D eigenvalue weighted by atomic mass is 16.6. The summed E-state index contributed by atoms with van der Waals surface area (Å²) in [6.07, 6.45) is -0.743. The van der Waals surface area contributed by atoms with E-state index in [4.69, 9.17) is 13.9 Å². The third-order valence-electron chi connectivity index (χ3n) is 5.39. The molecule has 9 heteroatoms. The second kappa shape index (κ2) is 11.3. The van der Waals surface area contributed by atoms with E-state index in [2.05, 4.69) is 4.98 Å². The first-order valence-corrected chi connectivity index (χ1v) is 11.4. The molecule has 0 aliphatic rings. The number of carbonyl (C=O) groups is 2. The van der Waals surface area contributed by atoms with E-state index in [9.17, 15) is 14.7 Å². The summed E-state index contributed by atoms with van der Waals surface area (Å²) in [5.74, 6) is -0.188. The average molecular weight is 490 g/mol. The number of benzene rings is 3. The second-order valence-corrected chi connectivity index (χ2v) is 8.31. The summed E-state index contributed by atoms with van der Waals surface area (Å²) in [6.45, 7) is 2.38. The van der Waals surface area contributed by atoms with E-state index in [1.54, 1.807) is 36.4 Å². The molecule has 0 spiro atoms. The topological polar surface area (TPSA) is 105 Å². The van der Waals surface area contributed by atoms with Crippen LogP contribution in [0.4, 0.5) is 10.8 Å². The third-order valence-corrected chi connectivity index (χ3v) is 5.39. The summed E-state index contributed by atoms with van der Waals surface area (Å²) in [6, 6.07) is 22.2. The fourth-order valence-corrected chi connectivity index (χ4v) is 3.49. The first-order chi connectivity index (χ1) is 17.4. The van der Waals surface area contributed by atoms with E-state index in [1.165, 1.54) is 0 Å². The molecule has 1 heterocycles. The van der Waals surface area contributed by atoms with Crippen molar-refractivity contribution in [3.8, 4) is 11.5 Å². The van der Waals surface area contributed by atoms with Crippen LogP contribution in [0, 0.1) is 6.92 Å². The number of carboxylic acids is 1. The first kappa shape index (κ1) is 24.6. The number of fused-ring (bicyclic) bond motifs is 1. The highest BCUT2D eigenvalue weighted by molar-refractivity contribution is 5.78. The van der Waals surface area contributed by atoms with Gasteiger partial charge in [-0.1, -0.05) is 42.0 Å². The predicted molar refractivity (Wildman–Crippen MR) is 134 cm³/mol. The molecule has 0 aliphatic heterocycles. The Morgan fingerprint density at radius 3 is 2.53 bits per heavy atom. The van der Waals surface area contributed by atoms with Gasteiger partial charge in [-0.15, -0.1) is 0 Å². The Kier molecular flexibility index (Phi) is 7.69. The van der Waals surface area contributed by atoms with Crippen molar-refractivity contribution in [2.24, 2.45) is 0 Å². The van der Waals surface area contributed by atoms with Gasteiger partial charge in [-0.05, 0) is 48.9 Å². The second-order valence-electron chi connectivity index (χ2n) is 8.31.